The van der Waals surface area contributed by atoms with Crippen molar-refractivity contribution in [3.05, 3.63) is 53.7 Å². The molecule has 0 unspecified atom stereocenters. The van der Waals surface area contributed by atoms with Crippen LogP contribution in [0.3, 0.4) is 0 Å². The van der Waals surface area contributed by atoms with Gasteiger partial charge in [-0.2, -0.15) is 0 Å². The molecule has 0 saturated heterocycles. The van der Waals surface area contributed by atoms with Crippen LogP contribution in [0.2, 0.25) is 0 Å². The summed E-state index contributed by atoms with van der Waals surface area (Å²) in [5, 5.41) is 7.24. The maximum Gasteiger partial charge on any atom is 0.168 e. The minimum atomic E-state index is -0.958. The topological polar surface area (TPSA) is 62.8 Å². The van der Waals surface area contributed by atoms with Crippen LogP contribution in [0.25, 0.3) is 11.3 Å². The molecule has 1 aromatic carbocycles. The molecule has 0 aliphatic rings. The molecule has 2 aromatic rings. The first-order valence-corrected chi connectivity index (χ1v) is 4.85. The Hall–Kier alpha value is -2.30. The van der Waals surface area contributed by atoms with Crippen molar-refractivity contribution in [3.8, 4) is 11.3 Å². The lowest BCUT2D eigenvalue weighted by Gasteiger charge is -2.05. The van der Waals surface area contributed by atoms with Crippen LogP contribution in [0.15, 0.2) is 36.4 Å². The predicted molar refractivity (Wildman–Crippen MR) is 60.6 cm³/mol. The highest BCUT2D eigenvalue weighted by Gasteiger charge is 2.11. The van der Waals surface area contributed by atoms with E-state index in [1.165, 1.54) is 24.3 Å². The number of benzene rings is 1. The Morgan fingerprint density at radius 2 is 1.82 bits per heavy atom. The highest BCUT2D eigenvalue weighted by molar-refractivity contribution is 5.93. The normalized spacial score (nSPS) is 10.2. The second kappa shape index (κ2) is 4.29. The molecule has 0 saturated carbocycles. The monoisotopic (exact) mass is 233 g/mol. The second-order valence-corrected chi connectivity index (χ2v) is 3.42. The lowest BCUT2D eigenvalue weighted by molar-refractivity contribution is 0.511. The summed E-state index contributed by atoms with van der Waals surface area (Å²) >= 11 is 0. The number of hydrogen-bond acceptors (Lipinski definition) is 2. The molecule has 0 spiro atoms. The van der Waals surface area contributed by atoms with Crippen molar-refractivity contribution in [3.63, 3.8) is 0 Å². The van der Waals surface area contributed by atoms with Crippen LogP contribution >= 0.6 is 0 Å². The molecule has 1 heterocycles. The average molecular weight is 233 g/mol. The van der Waals surface area contributed by atoms with Crippen LogP contribution in [0, 0.1) is 17.0 Å². The van der Waals surface area contributed by atoms with Gasteiger partial charge in [0.15, 0.2) is 11.6 Å². The van der Waals surface area contributed by atoms with E-state index >= 15 is 0 Å². The van der Waals surface area contributed by atoms with Crippen LogP contribution in [-0.4, -0.2) is 10.8 Å². The van der Waals surface area contributed by atoms with E-state index in [4.69, 9.17) is 11.1 Å². The average Bonchev–Trinajstić information content (AvgIpc) is 2.33. The van der Waals surface area contributed by atoms with Crippen molar-refractivity contribution in [1.29, 1.82) is 5.41 Å². The maximum absolute atomic E-state index is 13.5. The fourth-order valence-electron chi connectivity index (χ4n) is 1.44. The van der Waals surface area contributed by atoms with Crippen molar-refractivity contribution in [2.45, 2.75) is 0 Å². The number of aromatic nitrogens is 1. The minimum Gasteiger partial charge on any atom is -0.382 e. The Kier molecular flexibility index (Phi) is 2.82. The first-order chi connectivity index (χ1) is 8.09. The van der Waals surface area contributed by atoms with E-state index in [2.05, 4.69) is 4.98 Å². The fourth-order valence-corrected chi connectivity index (χ4v) is 1.44. The van der Waals surface area contributed by atoms with E-state index < -0.39 is 11.6 Å². The summed E-state index contributed by atoms with van der Waals surface area (Å²) in [6.45, 7) is 0. The van der Waals surface area contributed by atoms with Crippen molar-refractivity contribution < 1.29 is 8.78 Å². The molecule has 86 valence electrons. The fraction of sp³-hybridized carbons (Fsp3) is 0. The van der Waals surface area contributed by atoms with Crippen LogP contribution in [0.4, 0.5) is 8.78 Å². The molecule has 2 rings (SSSR count). The zero-order valence-electron chi connectivity index (χ0n) is 8.74. The molecular formula is C12H9F2N3. The minimum absolute atomic E-state index is 0.0492. The summed E-state index contributed by atoms with van der Waals surface area (Å²) in [5.74, 6) is -2.11. The van der Waals surface area contributed by atoms with Gasteiger partial charge in [-0.05, 0) is 24.3 Å². The van der Waals surface area contributed by atoms with Crippen LogP contribution < -0.4 is 5.73 Å². The van der Waals surface area contributed by atoms with Crippen LogP contribution in [-0.2, 0) is 0 Å². The summed E-state index contributed by atoms with van der Waals surface area (Å²) < 4.78 is 26.6. The molecule has 0 fully saturated rings. The van der Waals surface area contributed by atoms with Crippen molar-refractivity contribution in [1.82, 2.24) is 4.98 Å². The van der Waals surface area contributed by atoms with E-state index in [-0.39, 0.29) is 22.8 Å². The molecule has 17 heavy (non-hydrogen) atoms. The number of pyridine rings is 1. The second-order valence-electron chi connectivity index (χ2n) is 3.42. The molecule has 0 amide bonds. The SMILES string of the molecule is N=C(N)c1cccc(-c2cccc(F)c2F)n1. The summed E-state index contributed by atoms with van der Waals surface area (Å²) in [6, 6.07) is 8.50. The van der Waals surface area contributed by atoms with Gasteiger partial charge >= 0.3 is 0 Å². The first kappa shape index (κ1) is 11.2. The summed E-state index contributed by atoms with van der Waals surface area (Å²) in [4.78, 5) is 3.99. The lowest BCUT2D eigenvalue weighted by Crippen LogP contribution is -2.13. The lowest BCUT2D eigenvalue weighted by atomic mass is 10.1. The molecule has 5 heteroatoms. The molecule has 0 aliphatic heterocycles. The Morgan fingerprint density at radius 3 is 2.53 bits per heavy atom. The molecule has 1 aromatic heterocycles. The number of nitrogens with one attached hydrogen (secondary N) is 1. The molecule has 0 radical (unpaired) electrons. The number of hydrogen-bond donors (Lipinski definition) is 2. The number of nitrogens with zero attached hydrogens (tertiary/aromatic N) is 1. The summed E-state index contributed by atoms with van der Waals surface area (Å²) in [6.07, 6.45) is 0. The molecule has 3 N–H and O–H groups in total. The molecule has 0 atom stereocenters. The number of nitrogen functional groups attached to an aromatic ring is 1. The van der Waals surface area contributed by atoms with Gasteiger partial charge in [0.05, 0.1) is 5.69 Å². The van der Waals surface area contributed by atoms with Gasteiger partial charge in [-0.1, -0.05) is 12.1 Å². The van der Waals surface area contributed by atoms with Crippen molar-refractivity contribution in [2.24, 2.45) is 5.73 Å². The first-order valence-electron chi connectivity index (χ1n) is 4.85. The van der Waals surface area contributed by atoms with E-state index in [9.17, 15) is 8.78 Å². The van der Waals surface area contributed by atoms with Crippen molar-refractivity contribution in [2.75, 3.05) is 0 Å². The standard InChI is InChI=1S/C12H9F2N3/c13-8-4-1-3-7(11(8)14)9-5-2-6-10(17-9)12(15)16/h1-6H,(H3,15,16). The largest absolute Gasteiger partial charge is 0.382 e. The van der Waals surface area contributed by atoms with Gasteiger partial charge in [-0.25, -0.2) is 13.8 Å². The molecule has 0 aliphatic carbocycles. The van der Waals surface area contributed by atoms with Crippen LogP contribution in [0.5, 0.6) is 0 Å². The van der Waals surface area contributed by atoms with Gasteiger partial charge in [-0.15, -0.1) is 0 Å². The van der Waals surface area contributed by atoms with Gasteiger partial charge < -0.3 is 5.73 Å². The molecular weight excluding hydrogens is 224 g/mol. The van der Waals surface area contributed by atoms with Gasteiger partial charge in [0, 0.05) is 5.56 Å². The van der Waals surface area contributed by atoms with Gasteiger partial charge in [-0.3, -0.25) is 5.41 Å². The third-order valence-corrected chi connectivity index (χ3v) is 2.25. The molecule has 0 bridgehead atoms. The van der Waals surface area contributed by atoms with Gasteiger partial charge in [0.2, 0.25) is 0 Å². The number of amidine groups is 1. The van der Waals surface area contributed by atoms with Crippen LogP contribution in [0.1, 0.15) is 5.69 Å². The van der Waals surface area contributed by atoms with E-state index in [0.29, 0.717) is 0 Å². The number of rotatable bonds is 2. The molecule has 3 nitrogen and oxygen atoms in total. The van der Waals surface area contributed by atoms with E-state index in [1.807, 2.05) is 0 Å². The van der Waals surface area contributed by atoms with Gasteiger partial charge in [0.25, 0.3) is 0 Å². The zero-order chi connectivity index (χ0) is 12.4. The highest BCUT2D eigenvalue weighted by atomic mass is 19.2. The van der Waals surface area contributed by atoms with Crippen molar-refractivity contribution >= 4 is 5.84 Å². The quantitative estimate of drug-likeness (QED) is 0.617. The van der Waals surface area contributed by atoms with Gasteiger partial charge in [0.1, 0.15) is 11.5 Å². The third kappa shape index (κ3) is 2.13. The predicted octanol–water partition coefficient (Wildman–Crippen LogP) is 2.31. The van der Waals surface area contributed by atoms with E-state index in [0.717, 1.165) is 6.07 Å². The Labute approximate surface area is 96.4 Å². The number of halogens is 2. The Morgan fingerprint density at radius 1 is 1.12 bits per heavy atom. The Bertz CT molecular complexity index is 582. The Balaban J connectivity index is 2.57. The zero-order valence-corrected chi connectivity index (χ0v) is 8.74. The maximum atomic E-state index is 13.5. The third-order valence-electron chi connectivity index (χ3n) is 2.25. The smallest absolute Gasteiger partial charge is 0.168 e. The summed E-state index contributed by atoms with van der Waals surface area (Å²) in [5.41, 5.74) is 5.80. The van der Waals surface area contributed by atoms with E-state index in [1.54, 1.807) is 6.07 Å². The summed E-state index contributed by atoms with van der Waals surface area (Å²) in [7, 11) is 0. The highest BCUT2D eigenvalue weighted by Crippen LogP contribution is 2.22. The number of nitrogens with two attached hydrogens (primary N) is 1.